The topological polar surface area (TPSA) is 100.0 Å². The van der Waals surface area contributed by atoms with Gasteiger partial charge in [-0.2, -0.15) is 0 Å². The molecule has 2 unspecified atom stereocenters. The molecule has 0 spiro atoms. The van der Waals surface area contributed by atoms with Crippen molar-refractivity contribution in [2.24, 2.45) is 0 Å². The molecule has 23 heavy (non-hydrogen) atoms. The number of likely N-dealkylation sites (tertiary alicyclic amines) is 1. The third-order valence-electron chi connectivity index (χ3n) is 3.98. The van der Waals surface area contributed by atoms with Crippen LogP contribution in [-0.2, 0) is 16.1 Å². The van der Waals surface area contributed by atoms with E-state index in [1.54, 1.807) is 6.20 Å². The molecule has 2 atom stereocenters. The van der Waals surface area contributed by atoms with Crippen molar-refractivity contribution in [3.05, 3.63) is 42.1 Å². The highest BCUT2D eigenvalue weighted by atomic mass is 16.5. The van der Waals surface area contributed by atoms with Gasteiger partial charge in [-0.15, -0.1) is 0 Å². The number of carboxylic acid groups (broad SMARTS) is 2. The molecule has 0 radical (unpaired) electrons. The fourth-order valence-electron chi connectivity index (χ4n) is 2.86. The Labute approximate surface area is 132 Å². The molecule has 1 aromatic carbocycles. The number of hydrogen-bond acceptors (Lipinski definition) is 4. The molecule has 1 aromatic heterocycles. The summed E-state index contributed by atoms with van der Waals surface area (Å²) < 4.78 is 5.75. The van der Waals surface area contributed by atoms with Crippen LogP contribution >= 0.6 is 0 Å². The molecule has 2 N–H and O–H groups in total. The fourth-order valence-corrected chi connectivity index (χ4v) is 2.86. The standard InChI is InChI=1S/C16H16N2O5/c19-15(20)13-7-12(8-18(13)16(21)22)23-9-11-4-1-3-10-5-2-6-17-14(10)11/h1-6,12-13H,7-9H2,(H,19,20)(H,21,22). The maximum Gasteiger partial charge on any atom is 0.408 e. The van der Waals surface area contributed by atoms with Crippen LogP contribution in [-0.4, -0.2) is 50.9 Å². The minimum Gasteiger partial charge on any atom is -0.480 e. The van der Waals surface area contributed by atoms with Crippen LogP contribution < -0.4 is 0 Å². The number of aliphatic carboxylic acids is 1. The number of fused-ring (bicyclic) bond motifs is 1. The van der Waals surface area contributed by atoms with Crippen LogP contribution in [0.1, 0.15) is 12.0 Å². The van der Waals surface area contributed by atoms with Crippen LogP contribution in [0.2, 0.25) is 0 Å². The molecule has 7 heteroatoms. The molecule has 2 aromatic rings. The Morgan fingerprint density at radius 2 is 2.04 bits per heavy atom. The average molecular weight is 316 g/mol. The van der Waals surface area contributed by atoms with E-state index in [1.165, 1.54) is 0 Å². The van der Waals surface area contributed by atoms with Gasteiger partial charge in [0.15, 0.2) is 0 Å². The van der Waals surface area contributed by atoms with Crippen LogP contribution in [0.15, 0.2) is 36.5 Å². The van der Waals surface area contributed by atoms with E-state index in [2.05, 4.69) is 4.98 Å². The lowest BCUT2D eigenvalue weighted by Gasteiger charge is -2.16. The monoisotopic (exact) mass is 316 g/mol. The summed E-state index contributed by atoms with van der Waals surface area (Å²) in [6.07, 6.45) is 0.176. The number of pyridine rings is 1. The van der Waals surface area contributed by atoms with Gasteiger partial charge in [-0.05, 0) is 6.07 Å². The van der Waals surface area contributed by atoms with E-state index in [0.29, 0.717) is 0 Å². The highest BCUT2D eigenvalue weighted by Gasteiger charge is 2.40. The summed E-state index contributed by atoms with van der Waals surface area (Å²) in [7, 11) is 0. The molecular weight excluding hydrogens is 300 g/mol. The van der Waals surface area contributed by atoms with E-state index in [1.807, 2.05) is 30.3 Å². The number of rotatable bonds is 4. The zero-order valence-corrected chi connectivity index (χ0v) is 12.3. The highest BCUT2D eigenvalue weighted by molar-refractivity contribution is 5.81. The highest BCUT2D eigenvalue weighted by Crippen LogP contribution is 2.23. The van der Waals surface area contributed by atoms with Crippen LogP contribution in [0.3, 0.4) is 0 Å². The van der Waals surface area contributed by atoms with E-state index < -0.39 is 24.2 Å². The molecule has 0 aliphatic carbocycles. The molecular formula is C16H16N2O5. The molecule has 2 heterocycles. The Balaban J connectivity index is 1.71. The number of carbonyl (C=O) groups is 2. The second-order valence-electron chi connectivity index (χ2n) is 5.45. The normalized spacial score (nSPS) is 20.8. The van der Waals surface area contributed by atoms with Gasteiger partial charge in [-0.3, -0.25) is 9.88 Å². The van der Waals surface area contributed by atoms with Crippen LogP contribution in [0.5, 0.6) is 0 Å². The molecule has 1 fully saturated rings. The Morgan fingerprint density at radius 1 is 1.26 bits per heavy atom. The lowest BCUT2D eigenvalue weighted by molar-refractivity contribution is -0.141. The zero-order valence-electron chi connectivity index (χ0n) is 12.3. The summed E-state index contributed by atoms with van der Waals surface area (Å²) in [5.74, 6) is -1.15. The average Bonchev–Trinajstić information content (AvgIpc) is 2.98. The predicted molar refractivity (Wildman–Crippen MR) is 81.1 cm³/mol. The van der Waals surface area contributed by atoms with Gasteiger partial charge in [0.25, 0.3) is 0 Å². The van der Waals surface area contributed by atoms with Gasteiger partial charge in [0.05, 0.1) is 24.8 Å². The number of ether oxygens (including phenoxy) is 1. The predicted octanol–water partition coefficient (Wildman–Crippen LogP) is 1.96. The third kappa shape index (κ3) is 3.09. The molecule has 120 valence electrons. The smallest absolute Gasteiger partial charge is 0.408 e. The number of amides is 1. The summed E-state index contributed by atoms with van der Waals surface area (Å²) in [5.41, 5.74) is 1.72. The molecule has 1 aliphatic rings. The first-order chi connectivity index (χ1) is 11.1. The van der Waals surface area contributed by atoms with Gasteiger partial charge < -0.3 is 14.9 Å². The van der Waals surface area contributed by atoms with Gasteiger partial charge in [-0.25, -0.2) is 9.59 Å². The quantitative estimate of drug-likeness (QED) is 0.894. The van der Waals surface area contributed by atoms with Crippen molar-refractivity contribution < 1.29 is 24.5 Å². The Morgan fingerprint density at radius 3 is 2.74 bits per heavy atom. The molecule has 3 rings (SSSR count). The summed E-state index contributed by atoms with van der Waals surface area (Å²) >= 11 is 0. The molecule has 1 saturated heterocycles. The second kappa shape index (κ2) is 6.21. The largest absolute Gasteiger partial charge is 0.480 e. The van der Waals surface area contributed by atoms with Crippen LogP contribution in [0, 0.1) is 0 Å². The van der Waals surface area contributed by atoms with Crippen molar-refractivity contribution in [2.45, 2.75) is 25.2 Å². The number of para-hydroxylation sites is 1. The fraction of sp³-hybridized carbons (Fsp3) is 0.312. The summed E-state index contributed by atoms with van der Waals surface area (Å²) in [5, 5.41) is 19.2. The molecule has 1 amide bonds. The number of carboxylic acids is 1. The van der Waals surface area contributed by atoms with Crippen LogP contribution in [0.25, 0.3) is 10.9 Å². The lowest BCUT2D eigenvalue weighted by Crippen LogP contribution is -2.39. The van der Waals surface area contributed by atoms with Gasteiger partial charge in [0, 0.05) is 23.6 Å². The van der Waals surface area contributed by atoms with E-state index in [0.717, 1.165) is 21.4 Å². The molecule has 0 bridgehead atoms. The Hall–Kier alpha value is -2.67. The Bertz CT molecular complexity index is 721. The van der Waals surface area contributed by atoms with Gasteiger partial charge in [0.1, 0.15) is 6.04 Å². The summed E-state index contributed by atoms with van der Waals surface area (Å²) in [6, 6.07) is 8.51. The number of hydrogen-bond donors (Lipinski definition) is 2. The van der Waals surface area contributed by atoms with Crippen molar-refractivity contribution in [1.29, 1.82) is 0 Å². The SMILES string of the molecule is O=C(O)C1CC(OCc2cccc3cccnc23)CN1C(=O)O. The maximum atomic E-state index is 11.1. The van der Waals surface area contributed by atoms with Crippen molar-refractivity contribution in [3.8, 4) is 0 Å². The maximum absolute atomic E-state index is 11.1. The van der Waals surface area contributed by atoms with Crippen molar-refractivity contribution in [2.75, 3.05) is 6.54 Å². The van der Waals surface area contributed by atoms with E-state index in [4.69, 9.17) is 14.9 Å². The van der Waals surface area contributed by atoms with E-state index in [9.17, 15) is 9.59 Å². The van der Waals surface area contributed by atoms with E-state index in [-0.39, 0.29) is 19.6 Å². The summed E-state index contributed by atoms with van der Waals surface area (Å²) in [6.45, 7) is 0.323. The van der Waals surface area contributed by atoms with Crippen molar-refractivity contribution in [3.63, 3.8) is 0 Å². The zero-order chi connectivity index (χ0) is 16.4. The van der Waals surface area contributed by atoms with E-state index >= 15 is 0 Å². The first kappa shape index (κ1) is 15.2. The number of nitrogens with zero attached hydrogens (tertiary/aromatic N) is 2. The third-order valence-corrected chi connectivity index (χ3v) is 3.98. The first-order valence-electron chi connectivity index (χ1n) is 7.23. The Kier molecular flexibility index (Phi) is 4.12. The van der Waals surface area contributed by atoms with Crippen molar-refractivity contribution in [1.82, 2.24) is 9.88 Å². The minimum atomic E-state index is -1.24. The molecule has 1 aliphatic heterocycles. The number of aromatic nitrogens is 1. The van der Waals surface area contributed by atoms with Gasteiger partial charge in [-0.1, -0.05) is 24.3 Å². The summed E-state index contributed by atoms with van der Waals surface area (Å²) in [4.78, 5) is 27.5. The number of benzene rings is 1. The minimum absolute atomic E-state index is 0.0600. The molecule has 0 saturated carbocycles. The first-order valence-corrected chi connectivity index (χ1v) is 7.23. The van der Waals surface area contributed by atoms with Gasteiger partial charge in [0.2, 0.25) is 0 Å². The van der Waals surface area contributed by atoms with Gasteiger partial charge >= 0.3 is 12.1 Å². The van der Waals surface area contributed by atoms with Crippen LogP contribution in [0.4, 0.5) is 4.79 Å². The van der Waals surface area contributed by atoms with Crippen molar-refractivity contribution >= 4 is 23.0 Å². The molecule has 7 nitrogen and oxygen atoms in total. The lowest BCUT2D eigenvalue weighted by atomic mass is 10.1. The second-order valence-corrected chi connectivity index (χ2v) is 5.45.